The van der Waals surface area contributed by atoms with Crippen LogP contribution in [0, 0.1) is 21.4 Å². The number of hydrogen-bond donors (Lipinski definition) is 0. The molecule has 0 bridgehead atoms. The highest BCUT2D eigenvalue weighted by atomic mass is 16.6. The van der Waals surface area contributed by atoms with E-state index in [0.29, 0.717) is 6.04 Å². The molecule has 3 rings (SSSR count). The van der Waals surface area contributed by atoms with Gasteiger partial charge in [-0.25, -0.2) is 0 Å². The molecule has 2 heterocycles. The molecule has 6 heteroatoms. The molecule has 0 N–H and O–H groups in total. The van der Waals surface area contributed by atoms with E-state index in [1.54, 1.807) is 6.07 Å². The predicted molar refractivity (Wildman–Crippen MR) is 79.2 cm³/mol. The van der Waals surface area contributed by atoms with Crippen LogP contribution >= 0.6 is 0 Å². The molecule has 0 saturated carbocycles. The zero-order valence-corrected chi connectivity index (χ0v) is 11.9. The van der Waals surface area contributed by atoms with Crippen molar-refractivity contribution in [2.24, 2.45) is 0 Å². The Labute approximate surface area is 123 Å². The average molecular weight is 286 g/mol. The van der Waals surface area contributed by atoms with Gasteiger partial charge < -0.3 is 4.90 Å². The van der Waals surface area contributed by atoms with Crippen molar-refractivity contribution in [3.05, 3.63) is 33.9 Å². The molecule has 1 atom stereocenters. The van der Waals surface area contributed by atoms with Gasteiger partial charge in [0, 0.05) is 30.9 Å². The first-order valence-corrected chi connectivity index (χ1v) is 7.36. The maximum Gasteiger partial charge on any atom is 0.289 e. The van der Waals surface area contributed by atoms with Crippen LogP contribution in [-0.4, -0.2) is 42.0 Å². The van der Waals surface area contributed by atoms with Gasteiger partial charge in [0.25, 0.3) is 5.69 Å². The largest absolute Gasteiger partial charge is 0.370 e. The molecule has 0 aliphatic carbocycles. The van der Waals surface area contributed by atoms with Crippen molar-refractivity contribution in [2.75, 3.05) is 31.1 Å². The van der Waals surface area contributed by atoms with Crippen molar-refractivity contribution in [3.8, 4) is 6.07 Å². The molecule has 0 spiro atoms. The van der Waals surface area contributed by atoms with Crippen molar-refractivity contribution in [1.29, 1.82) is 5.26 Å². The Bertz CT molecular complexity index is 590. The highest BCUT2D eigenvalue weighted by Crippen LogP contribution is 2.29. The summed E-state index contributed by atoms with van der Waals surface area (Å²) in [5.74, 6) is 0. The van der Waals surface area contributed by atoms with Gasteiger partial charge in [0.2, 0.25) is 0 Å². The van der Waals surface area contributed by atoms with Crippen LogP contribution in [0.2, 0.25) is 0 Å². The third kappa shape index (κ3) is 2.69. The summed E-state index contributed by atoms with van der Waals surface area (Å²) in [5.41, 5.74) is 0.876. The summed E-state index contributed by atoms with van der Waals surface area (Å²) in [6.45, 7) is 4.19. The molecule has 1 aromatic carbocycles. The van der Waals surface area contributed by atoms with Crippen LogP contribution in [0.5, 0.6) is 0 Å². The lowest BCUT2D eigenvalue weighted by Crippen LogP contribution is -2.35. The molecule has 2 aliphatic rings. The summed E-state index contributed by atoms with van der Waals surface area (Å²) in [5, 5.41) is 20.0. The minimum Gasteiger partial charge on any atom is -0.370 e. The van der Waals surface area contributed by atoms with Crippen molar-refractivity contribution < 1.29 is 4.92 Å². The molecule has 0 amide bonds. The molecule has 0 radical (unpaired) electrons. The fraction of sp³-hybridized carbons (Fsp3) is 0.533. The van der Waals surface area contributed by atoms with Crippen molar-refractivity contribution in [2.45, 2.75) is 25.3 Å². The summed E-state index contributed by atoms with van der Waals surface area (Å²) in [6, 6.07) is 7.34. The van der Waals surface area contributed by atoms with Crippen LogP contribution in [0.25, 0.3) is 0 Å². The van der Waals surface area contributed by atoms with Gasteiger partial charge in [-0.1, -0.05) is 0 Å². The van der Waals surface area contributed by atoms with Crippen LogP contribution < -0.4 is 4.90 Å². The van der Waals surface area contributed by atoms with E-state index in [0.717, 1.165) is 25.2 Å². The summed E-state index contributed by atoms with van der Waals surface area (Å²) in [6.07, 6.45) is 3.66. The zero-order chi connectivity index (χ0) is 14.8. The first-order valence-electron chi connectivity index (χ1n) is 7.36. The molecule has 2 saturated heterocycles. The van der Waals surface area contributed by atoms with Crippen LogP contribution in [0.3, 0.4) is 0 Å². The second-order valence-electron chi connectivity index (χ2n) is 5.70. The quantitative estimate of drug-likeness (QED) is 0.628. The van der Waals surface area contributed by atoms with E-state index >= 15 is 0 Å². The molecule has 1 aromatic rings. The fourth-order valence-corrected chi connectivity index (χ4v) is 3.34. The van der Waals surface area contributed by atoms with Gasteiger partial charge in [-0.3, -0.25) is 15.0 Å². The molecule has 21 heavy (non-hydrogen) atoms. The predicted octanol–water partition coefficient (Wildman–Crippen LogP) is 2.14. The Morgan fingerprint density at radius 1 is 1.29 bits per heavy atom. The molecule has 0 aromatic heterocycles. The van der Waals surface area contributed by atoms with Gasteiger partial charge in [-0.2, -0.15) is 5.26 Å². The Morgan fingerprint density at radius 3 is 2.71 bits per heavy atom. The summed E-state index contributed by atoms with van der Waals surface area (Å²) in [7, 11) is 0. The van der Waals surface area contributed by atoms with Crippen LogP contribution in [0.1, 0.15) is 24.8 Å². The lowest BCUT2D eigenvalue weighted by Gasteiger charge is -2.24. The Balaban J connectivity index is 1.77. The third-order valence-corrected chi connectivity index (χ3v) is 4.48. The standard InChI is InChI=1S/C15H18N4O2/c16-10-12-3-4-13(9-15(12)19(20)21)18-8-5-14(11-18)17-6-1-2-7-17/h3-4,9,14H,1-2,5-8,11H2. The number of benzene rings is 1. The minimum atomic E-state index is -0.476. The van der Waals surface area contributed by atoms with E-state index < -0.39 is 4.92 Å². The van der Waals surface area contributed by atoms with Crippen LogP contribution in [0.15, 0.2) is 18.2 Å². The van der Waals surface area contributed by atoms with E-state index in [2.05, 4.69) is 9.80 Å². The number of hydrogen-bond acceptors (Lipinski definition) is 5. The molecule has 2 fully saturated rings. The first-order chi connectivity index (χ1) is 10.2. The van der Waals surface area contributed by atoms with E-state index in [9.17, 15) is 10.1 Å². The number of nitriles is 1. The number of likely N-dealkylation sites (tertiary alicyclic amines) is 1. The lowest BCUT2D eigenvalue weighted by molar-refractivity contribution is -0.385. The SMILES string of the molecule is N#Cc1ccc(N2CCC(N3CCCC3)C2)cc1[N+](=O)[O-]. The van der Waals surface area contributed by atoms with Gasteiger partial charge in [0.1, 0.15) is 11.6 Å². The highest BCUT2D eigenvalue weighted by molar-refractivity contribution is 5.60. The lowest BCUT2D eigenvalue weighted by atomic mass is 10.1. The van der Waals surface area contributed by atoms with Gasteiger partial charge in [0.15, 0.2) is 0 Å². The number of anilines is 1. The third-order valence-electron chi connectivity index (χ3n) is 4.48. The average Bonchev–Trinajstić information content (AvgIpc) is 3.17. The maximum atomic E-state index is 11.0. The fourth-order valence-electron chi connectivity index (χ4n) is 3.34. The smallest absolute Gasteiger partial charge is 0.289 e. The number of nitro groups is 1. The summed E-state index contributed by atoms with van der Waals surface area (Å²) < 4.78 is 0. The number of rotatable bonds is 3. The van der Waals surface area contributed by atoms with Crippen LogP contribution in [-0.2, 0) is 0 Å². The minimum absolute atomic E-state index is 0.0976. The summed E-state index contributed by atoms with van der Waals surface area (Å²) >= 11 is 0. The van der Waals surface area contributed by atoms with Crippen LogP contribution in [0.4, 0.5) is 11.4 Å². The molecular formula is C15H18N4O2. The molecule has 2 aliphatic heterocycles. The normalized spacial score (nSPS) is 22.4. The molecule has 6 nitrogen and oxygen atoms in total. The molecular weight excluding hydrogens is 268 g/mol. The van der Waals surface area contributed by atoms with E-state index in [-0.39, 0.29) is 11.3 Å². The van der Waals surface area contributed by atoms with E-state index in [4.69, 9.17) is 5.26 Å². The highest BCUT2D eigenvalue weighted by Gasteiger charge is 2.30. The Morgan fingerprint density at radius 2 is 2.05 bits per heavy atom. The van der Waals surface area contributed by atoms with E-state index in [1.165, 1.54) is 32.0 Å². The van der Waals surface area contributed by atoms with Gasteiger partial charge in [-0.05, 0) is 44.5 Å². The Hall–Kier alpha value is -2.13. The molecule has 110 valence electrons. The molecule has 1 unspecified atom stereocenters. The van der Waals surface area contributed by atoms with Gasteiger partial charge >= 0.3 is 0 Å². The Kier molecular flexibility index (Phi) is 3.76. The van der Waals surface area contributed by atoms with Crippen molar-refractivity contribution in [3.63, 3.8) is 0 Å². The van der Waals surface area contributed by atoms with Crippen molar-refractivity contribution in [1.82, 2.24) is 4.90 Å². The maximum absolute atomic E-state index is 11.0. The van der Waals surface area contributed by atoms with E-state index in [1.807, 2.05) is 12.1 Å². The second kappa shape index (κ2) is 5.70. The topological polar surface area (TPSA) is 73.4 Å². The van der Waals surface area contributed by atoms with Gasteiger partial charge in [-0.15, -0.1) is 0 Å². The second-order valence-corrected chi connectivity index (χ2v) is 5.70. The number of nitrogens with zero attached hydrogens (tertiary/aromatic N) is 4. The van der Waals surface area contributed by atoms with Gasteiger partial charge in [0.05, 0.1) is 4.92 Å². The summed E-state index contributed by atoms with van der Waals surface area (Å²) in [4.78, 5) is 15.3. The monoisotopic (exact) mass is 286 g/mol. The zero-order valence-electron chi connectivity index (χ0n) is 11.9. The van der Waals surface area contributed by atoms with Crippen molar-refractivity contribution >= 4 is 11.4 Å². The number of nitro benzene ring substituents is 1. The first kappa shape index (κ1) is 13.8.